The number of hydrogen-bond donors (Lipinski definition) is 4. The number of halogens is 1. The molecule has 1 aromatic heterocycles. The zero-order valence-corrected chi connectivity index (χ0v) is 16.1. The number of nitrogens with zero attached hydrogens (tertiary/aromatic N) is 4. The molecule has 2 aliphatic rings. The van der Waals surface area contributed by atoms with Crippen molar-refractivity contribution in [1.82, 2.24) is 20.5 Å². The minimum Gasteiger partial charge on any atom is -0.507 e. The Hall–Kier alpha value is -3.07. The average Bonchev–Trinajstić information content (AvgIpc) is 3.15. The first-order chi connectivity index (χ1) is 14.0. The molecule has 2 bridgehead atoms. The van der Waals surface area contributed by atoms with E-state index in [0.717, 1.165) is 19.1 Å². The smallest absolute Gasteiger partial charge is 0.245 e. The lowest BCUT2D eigenvalue weighted by Crippen LogP contribution is -2.55. The molecule has 0 aliphatic carbocycles. The highest BCUT2D eigenvalue weighted by Crippen LogP contribution is 2.33. The second-order valence-corrected chi connectivity index (χ2v) is 7.55. The number of phenolic OH excluding ortho intramolecular Hbond substituents is 1. The van der Waals surface area contributed by atoms with Gasteiger partial charge in [-0.25, -0.2) is 9.37 Å². The SMILES string of the molecule is CN(c1ncc(-c2ccc(/C(C=N)=C/N)cc2O)nn1)[C@@H]1CC2CCC(N2)[C@@H]1F. The van der Waals surface area contributed by atoms with E-state index in [2.05, 4.69) is 20.5 Å². The summed E-state index contributed by atoms with van der Waals surface area (Å²) in [7, 11) is 1.79. The van der Waals surface area contributed by atoms with E-state index >= 15 is 0 Å². The van der Waals surface area contributed by atoms with E-state index in [1.807, 2.05) is 0 Å². The zero-order chi connectivity index (χ0) is 20.5. The average molecular weight is 397 g/mol. The number of rotatable bonds is 5. The molecule has 0 saturated carbocycles. The molecule has 2 saturated heterocycles. The fraction of sp³-hybridized carbons (Fsp3) is 0.400. The first-order valence-electron chi connectivity index (χ1n) is 9.60. The van der Waals surface area contributed by atoms with Crippen molar-refractivity contribution in [1.29, 1.82) is 5.41 Å². The van der Waals surface area contributed by atoms with Gasteiger partial charge in [-0.3, -0.25) is 0 Å². The van der Waals surface area contributed by atoms with Gasteiger partial charge in [0.2, 0.25) is 5.95 Å². The molecule has 3 heterocycles. The van der Waals surface area contributed by atoms with Crippen molar-refractivity contribution in [2.24, 2.45) is 5.73 Å². The third-order valence-electron chi connectivity index (χ3n) is 5.86. The van der Waals surface area contributed by atoms with Gasteiger partial charge in [-0.1, -0.05) is 6.07 Å². The highest BCUT2D eigenvalue weighted by atomic mass is 19.1. The number of nitrogens with two attached hydrogens (primary N) is 1. The Kier molecular flexibility index (Phi) is 5.14. The van der Waals surface area contributed by atoms with Crippen molar-refractivity contribution in [3.63, 3.8) is 0 Å². The molecule has 2 fully saturated rings. The molecule has 5 N–H and O–H groups in total. The van der Waals surface area contributed by atoms with Crippen molar-refractivity contribution in [3.8, 4) is 17.0 Å². The lowest BCUT2D eigenvalue weighted by atomic mass is 9.97. The lowest BCUT2D eigenvalue weighted by molar-refractivity contribution is 0.175. The molecular weight excluding hydrogens is 373 g/mol. The van der Waals surface area contributed by atoms with Crippen molar-refractivity contribution >= 4 is 17.7 Å². The number of hydrogen-bond acceptors (Lipinski definition) is 8. The quantitative estimate of drug-likeness (QED) is 0.568. The minimum atomic E-state index is -0.975. The monoisotopic (exact) mass is 397 g/mol. The molecule has 29 heavy (non-hydrogen) atoms. The van der Waals surface area contributed by atoms with Crippen LogP contribution >= 0.6 is 0 Å². The molecule has 0 spiro atoms. The Labute approximate surface area is 168 Å². The van der Waals surface area contributed by atoms with Crippen molar-refractivity contribution < 1.29 is 9.50 Å². The first-order valence-corrected chi connectivity index (χ1v) is 9.60. The van der Waals surface area contributed by atoms with Gasteiger partial charge in [0, 0.05) is 42.7 Å². The van der Waals surface area contributed by atoms with Gasteiger partial charge in [0.1, 0.15) is 17.6 Å². The molecule has 8 nitrogen and oxygen atoms in total. The Balaban J connectivity index is 1.54. The maximum absolute atomic E-state index is 14.8. The number of nitrogens with one attached hydrogen (secondary N) is 2. The van der Waals surface area contributed by atoms with Crippen LogP contribution in [0.4, 0.5) is 10.3 Å². The molecule has 4 atom stereocenters. The van der Waals surface area contributed by atoms with Crippen LogP contribution in [-0.2, 0) is 0 Å². The summed E-state index contributed by atoms with van der Waals surface area (Å²) in [4.78, 5) is 6.12. The molecular formula is C20H24FN7O. The van der Waals surface area contributed by atoms with Crippen LogP contribution in [0.25, 0.3) is 16.8 Å². The zero-order valence-electron chi connectivity index (χ0n) is 16.1. The van der Waals surface area contributed by atoms with E-state index < -0.39 is 6.17 Å². The lowest BCUT2D eigenvalue weighted by Gasteiger charge is -2.38. The topological polar surface area (TPSA) is 124 Å². The van der Waals surface area contributed by atoms with Crippen molar-refractivity contribution in [3.05, 3.63) is 36.2 Å². The maximum Gasteiger partial charge on any atom is 0.245 e. The summed E-state index contributed by atoms with van der Waals surface area (Å²) < 4.78 is 14.8. The summed E-state index contributed by atoms with van der Waals surface area (Å²) in [6, 6.07) is 4.89. The molecule has 9 heteroatoms. The number of allylic oxidation sites excluding steroid dienone is 1. The van der Waals surface area contributed by atoms with Gasteiger partial charge in [0.25, 0.3) is 0 Å². The van der Waals surface area contributed by atoms with Gasteiger partial charge in [-0.2, -0.15) is 0 Å². The fourth-order valence-electron chi connectivity index (χ4n) is 4.21. The van der Waals surface area contributed by atoms with Crippen molar-refractivity contribution in [2.75, 3.05) is 11.9 Å². The van der Waals surface area contributed by atoms with Crippen LogP contribution in [0, 0.1) is 5.41 Å². The number of aromatic nitrogens is 3. The van der Waals surface area contributed by atoms with E-state index in [-0.39, 0.29) is 17.8 Å². The van der Waals surface area contributed by atoms with E-state index in [4.69, 9.17) is 11.1 Å². The molecule has 0 radical (unpaired) electrons. The summed E-state index contributed by atoms with van der Waals surface area (Å²) >= 11 is 0. The van der Waals surface area contributed by atoms with Gasteiger partial charge in [0.05, 0.1) is 12.2 Å². The summed E-state index contributed by atoms with van der Waals surface area (Å²) in [5.74, 6) is 0.343. The Morgan fingerprint density at radius 2 is 2.21 bits per heavy atom. The van der Waals surface area contributed by atoms with Crippen LogP contribution in [0.3, 0.4) is 0 Å². The second kappa shape index (κ2) is 7.75. The van der Waals surface area contributed by atoms with Gasteiger partial charge in [0.15, 0.2) is 0 Å². The summed E-state index contributed by atoms with van der Waals surface area (Å²) in [6.07, 6.45) is 5.55. The molecule has 2 aliphatic heterocycles. The van der Waals surface area contributed by atoms with Gasteiger partial charge >= 0.3 is 0 Å². The first kappa shape index (κ1) is 19.3. The van der Waals surface area contributed by atoms with Crippen LogP contribution in [0.2, 0.25) is 0 Å². The maximum atomic E-state index is 14.8. The number of benzene rings is 1. The minimum absolute atomic E-state index is 0.0142. The van der Waals surface area contributed by atoms with Crippen LogP contribution in [-0.4, -0.2) is 57.8 Å². The molecule has 2 unspecified atom stereocenters. The number of fused-ring (bicyclic) bond motifs is 2. The number of aromatic hydroxyl groups is 1. The third-order valence-corrected chi connectivity index (χ3v) is 5.86. The van der Waals surface area contributed by atoms with E-state index in [1.54, 1.807) is 24.1 Å². The van der Waals surface area contributed by atoms with E-state index in [0.29, 0.717) is 40.8 Å². The second-order valence-electron chi connectivity index (χ2n) is 7.55. The fourth-order valence-corrected chi connectivity index (χ4v) is 4.21. The highest BCUT2D eigenvalue weighted by Gasteiger charge is 2.44. The third kappa shape index (κ3) is 3.53. The highest BCUT2D eigenvalue weighted by molar-refractivity contribution is 6.08. The van der Waals surface area contributed by atoms with Gasteiger partial charge in [-0.15, -0.1) is 10.2 Å². The van der Waals surface area contributed by atoms with Crippen LogP contribution in [0.5, 0.6) is 5.75 Å². The predicted molar refractivity (Wildman–Crippen MR) is 110 cm³/mol. The largest absolute Gasteiger partial charge is 0.507 e. The molecule has 2 aromatic rings. The van der Waals surface area contributed by atoms with E-state index in [1.165, 1.54) is 18.5 Å². The molecule has 4 rings (SSSR count). The normalized spacial score (nSPS) is 26.3. The standard InChI is InChI=1S/C20H24FN7O/c1-28(17-7-13-3-5-15(25-13)19(17)21)20-24-10-16(26-27-20)14-4-2-11(6-18(14)29)12(8-22)9-23/h2,4,6,8-10,13,15,17,19,22,25,29H,3,5,7,23H2,1H3/b12-9+,22-8?/t13?,15?,17-,19+/m1/s1. The van der Waals surface area contributed by atoms with Gasteiger partial charge in [-0.05, 0) is 37.0 Å². The number of phenols is 1. The predicted octanol–water partition coefficient (Wildman–Crippen LogP) is 1.86. The molecule has 152 valence electrons. The molecule has 0 amide bonds. The Bertz CT molecular complexity index is 933. The van der Waals surface area contributed by atoms with Crippen LogP contribution in [0.1, 0.15) is 24.8 Å². The summed E-state index contributed by atoms with van der Waals surface area (Å²) in [6.45, 7) is 0. The molecule has 1 aromatic carbocycles. The van der Waals surface area contributed by atoms with Crippen LogP contribution in [0.15, 0.2) is 30.6 Å². The van der Waals surface area contributed by atoms with E-state index in [9.17, 15) is 9.50 Å². The summed E-state index contributed by atoms with van der Waals surface area (Å²) in [5.41, 5.74) is 7.47. The Morgan fingerprint density at radius 3 is 2.86 bits per heavy atom. The number of anilines is 1. The van der Waals surface area contributed by atoms with Gasteiger partial charge < -0.3 is 26.5 Å². The van der Waals surface area contributed by atoms with Crippen LogP contribution < -0.4 is 16.0 Å². The number of piperidine rings is 1. The van der Waals surface area contributed by atoms with Crippen molar-refractivity contribution in [2.45, 2.75) is 43.6 Å². The summed E-state index contributed by atoms with van der Waals surface area (Å²) in [5, 5.41) is 29.4. The number of alkyl halides is 1. The Morgan fingerprint density at radius 1 is 1.38 bits per heavy atom.